The van der Waals surface area contributed by atoms with Crippen molar-refractivity contribution in [1.82, 2.24) is 20.3 Å². The molecule has 11 heteroatoms. The van der Waals surface area contributed by atoms with Crippen LogP contribution in [0, 0.1) is 5.82 Å². The number of hydrogen-bond donors (Lipinski definition) is 2. The van der Waals surface area contributed by atoms with Gasteiger partial charge < -0.3 is 29.6 Å². The summed E-state index contributed by atoms with van der Waals surface area (Å²) in [6.07, 6.45) is 7.04. The number of aryl methyl sites for hydroxylation is 1. The van der Waals surface area contributed by atoms with Gasteiger partial charge in [0.25, 0.3) is 5.91 Å². The lowest BCUT2D eigenvalue weighted by Crippen LogP contribution is -2.61. The van der Waals surface area contributed by atoms with E-state index in [0.29, 0.717) is 73.3 Å². The molecule has 0 aromatic carbocycles. The van der Waals surface area contributed by atoms with Crippen LogP contribution in [0.3, 0.4) is 0 Å². The number of hydrogen-bond acceptors (Lipinski definition) is 9. The molecular formula is C29H32FN5O5. The molecule has 0 spiro atoms. The van der Waals surface area contributed by atoms with Crippen LogP contribution in [0.15, 0.2) is 30.5 Å². The fourth-order valence-electron chi connectivity index (χ4n) is 6.21. The predicted molar refractivity (Wildman–Crippen MR) is 143 cm³/mol. The second-order valence-corrected chi connectivity index (χ2v) is 11.3. The normalized spacial score (nSPS) is 27.3. The highest BCUT2D eigenvalue weighted by Crippen LogP contribution is 2.46. The van der Waals surface area contributed by atoms with Gasteiger partial charge in [-0.05, 0) is 56.7 Å². The summed E-state index contributed by atoms with van der Waals surface area (Å²) in [7, 11) is 0. The minimum Gasteiger partial charge on any atom is -0.480 e. The number of fused-ring (bicyclic) bond motifs is 5. The first-order chi connectivity index (χ1) is 19.5. The average Bonchev–Trinajstić information content (AvgIpc) is 3.49. The Kier molecular flexibility index (Phi) is 6.52. The lowest BCUT2D eigenvalue weighted by atomic mass is 9.69. The van der Waals surface area contributed by atoms with Gasteiger partial charge in [-0.3, -0.25) is 9.78 Å². The van der Waals surface area contributed by atoms with Gasteiger partial charge in [-0.2, -0.15) is 0 Å². The molecule has 5 aliphatic rings. The maximum Gasteiger partial charge on any atom is 0.263 e. The highest BCUT2D eigenvalue weighted by Gasteiger charge is 2.49. The van der Waals surface area contributed by atoms with Crippen molar-refractivity contribution in [3.8, 4) is 11.6 Å². The molecular weight excluding hydrogens is 517 g/mol. The van der Waals surface area contributed by atoms with Crippen molar-refractivity contribution < 1.29 is 28.1 Å². The Bertz CT molecular complexity index is 1420. The second-order valence-electron chi connectivity index (χ2n) is 11.3. The average molecular weight is 550 g/mol. The summed E-state index contributed by atoms with van der Waals surface area (Å²) in [4.78, 5) is 25.1. The third-order valence-electron chi connectivity index (χ3n) is 8.70. The predicted octanol–water partition coefficient (Wildman–Crippen LogP) is 3.47. The van der Waals surface area contributed by atoms with Gasteiger partial charge in [-0.15, -0.1) is 0 Å². The Balaban J connectivity index is 0.995. The molecule has 1 saturated carbocycles. The quantitative estimate of drug-likeness (QED) is 0.436. The van der Waals surface area contributed by atoms with Crippen LogP contribution < -0.4 is 20.1 Å². The third-order valence-corrected chi connectivity index (χ3v) is 8.70. The van der Waals surface area contributed by atoms with Gasteiger partial charge in [-0.1, -0.05) is 0 Å². The smallest absolute Gasteiger partial charge is 0.263 e. The molecule has 2 bridgehead atoms. The van der Waals surface area contributed by atoms with Crippen LogP contribution in [0.5, 0.6) is 11.6 Å². The molecule has 0 radical (unpaired) electrons. The first kappa shape index (κ1) is 25.6. The van der Waals surface area contributed by atoms with Crippen molar-refractivity contribution in [3.05, 3.63) is 47.5 Å². The monoisotopic (exact) mass is 549 g/mol. The topological polar surface area (TPSA) is 117 Å². The van der Waals surface area contributed by atoms with E-state index in [1.165, 1.54) is 6.20 Å². The molecule has 40 heavy (non-hydrogen) atoms. The lowest BCUT2D eigenvalue weighted by Gasteiger charge is -2.53. The summed E-state index contributed by atoms with van der Waals surface area (Å²) >= 11 is 0. The molecule has 10 nitrogen and oxygen atoms in total. The fourth-order valence-corrected chi connectivity index (χ4v) is 6.21. The highest BCUT2D eigenvalue weighted by atomic mass is 19.1. The molecule has 7 heterocycles. The zero-order valence-electron chi connectivity index (χ0n) is 22.2. The first-order valence-electron chi connectivity index (χ1n) is 14.0. The summed E-state index contributed by atoms with van der Waals surface area (Å²) in [5.41, 5.74) is 2.21. The molecule has 3 aromatic rings. The molecule has 1 atom stereocenters. The number of nitrogens with zero attached hydrogens (tertiary/aromatic N) is 3. The Hall–Kier alpha value is -3.41. The van der Waals surface area contributed by atoms with Crippen LogP contribution in [-0.4, -0.2) is 64.5 Å². The van der Waals surface area contributed by atoms with Gasteiger partial charge in [0.05, 0.1) is 48.3 Å². The number of carbonyl (C=O) groups is 1. The Morgan fingerprint density at radius 2 is 2.05 bits per heavy atom. The number of aromatic nitrogens is 3. The van der Waals surface area contributed by atoms with E-state index in [0.717, 1.165) is 37.8 Å². The van der Waals surface area contributed by atoms with E-state index < -0.39 is 0 Å². The van der Waals surface area contributed by atoms with Gasteiger partial charge in [0.1, 0.15) is 11.9 Å². The number of halogens is 1. The number of rotatable bonds is 8. The van der Waals surface area contributed by atoms with Crippen LogP contribution in [-0.2, 0) is 27.2 Å². The number of nitrogens with one attached hydrogen (secondary N) is 2. The number of amides is 1. The molecule has 1 unspecified atom stereocenters. The maximum absolute atomic E-state index is 15.0. The maximum atomic E-state index is 15.0. The Morgan fingerprint density at radius 3 is 2.85 bits per heavy atom. The summed E-state index contributed by atoms with van der Waals surface area (Å²) in [6, 6.07) is 7.38. The first-order valence-corrected chi connectivity index (χ1v) is 14.0. The van der Waals surface area contributed by atoms with E-state index in [2.05, 4.69) is 25.6 Å². The molecule has 1 amide bonds. The zero-order chi connectivity index (χ0) is 27.2. The Morgan fingerprint density at radius 1 is 1.15 bits per heavy atom. The van der Waals surface area contributed by atoms with Crippen molar-refractivity contribution in [1.29, 1.82) is 0 Å². The summed E-state index contributed by atoms with van der Waals surface area (Å²) in [6.45, 7) is 2.40. The van der Waals surface area contributed by atoms with Crippen LogP contribution in [0.1, 0.15) is 49.8 Å². The van der Waals surface area contributed by atoms with Crippen LogP contribution in [0.2, 0.25) is 0 Å². The third kappa shape index (κ3) is 4.97. The van der Waals surface area contributed by atoms with E-state index in [1.54, 1.807) is 6.07 Å². The van der Waals surface area contributed by atoms with E-state index >= 15 is 4.39 Å². The number of pyridine rings is 3. The van der Waals surface area contributed by atoms with E-state index in [-0.39, 0.29) is 35.6 Å². The van der Waals surface area contributed by atoms with Gasteiger partial charge >= 0.3 is 0 Å². The minimum absolute atomic E-state index is 0.0146. The van der Waals surface area contributed by atoms with Crippen molar-refractivity contribution in [2.75, 3.05) is 31.7 Å². The molecule has 8 rings (SSSR count). The Labute approximate surface area is 231 Å². The number of anilines is 1. The zero-order valence-corrected chi connectivity index (χ0v) is 22.2. The molecule has 2 N–H and O–H groups in total. The van der Waals surface area contributed by atoms with Crippen LogP contribution >= 0.6 is 0 Å². The molecule has 1 aliphatic carbocycles. The fraction of sp³-hybridized carbons (Fsp3) is 0.517. The standard InChI is InChI=1S/C29H32FN5O5/c30-21-14-31-22-2-4-25(40-19-6-12-37-15-19)35-26(22)20(21)5-7-29-10-8-28(9-11-29,17-39-29)32-13-18-1-3-23-27(33-18)34-24(36)16-38-23/h1-4,14,19,32H,5-13,15-17H2,(H,33,34,36). The summed E-state index contributed by atoms with van der Waals surface area (Å²) < 4.78 is 38.3. The van der Waals surface area contributed by atoms with E-state index in [4.69, 9.17) is 18.9 Å². The highest BCUT2D eigenvalue weighted by molar-refractivity contribution is 5.94. The molecule has 3 saturated heterocycles. The van der Waals surface area contributed by atoms with Crippen molar-refractivity contribution in [2.45, 2.75) is 68.7 Å². The lowest BCUT2D eigenvalue weighted by molar-refractivity contribution is -0.165. The SMILES string of the molecule is O=C1COc2ccc(CNC34CCC(CCc5c(F)cnc6ccc(OC7CCOC7)nc56)(CC3)OC4)nc2N1. The second kappa shape index (κ2) is 10.2. The van der Waals surface area contributed by atoms with Crippen molar-refractivity contribution >= 4 is 22.8 Å². The van der Waals surface area contributed by atoms with E-state index in [1.807, 2.05) is 18.2 Å². The summed E-state index contributed by atoms with van der Waals surface area (Å²) in [5.74, 6) is 0.981. The van der Waals surface area contributed by atoms with Gasteiger partial charge in [0, 0.05) is 30.1 Å². The van der Waals surface area contributed by atoms with Gasteiger partial charge in [-0.25, -0.2) is 14.4 Å². The molecule has 4 fully saturated rings. The summed E-state index contributed by atoms with van der Waals surface area (Å²) in [5, 5.41) is 6.44. The van der Waals surface area contributed by atoms with Crippen molar-refractivity contribution in [2.24, 2.45) is 0 Å². The number of ether oxygens (including phenoxy) is 4. The largest absolute Gasteiger partial charge is 0.480 e. The van der Waals surface area contributed by atoms with Gasteiger partial charge in [0.2, 0.25) is 5.88 Å². The number of carbonyl (C=O) groups excluding carboxylic acids is 1. The van der Waals surface area contributed by atoms with Crippen molar-refractivity contribution in [3.63, 3.8) is 0 Å². The van der Waals surface area contributed by atoms with Crippen LogP contribution in [0.4, 0.5) is 10.2 Å². The van der Waals surface area contributed by atoms with Crippen LogP contribution in [0.25, 0.3) is 11.0 Å². The van der Waals surface area contributed by atoms with Gasteiger partial charge in [0.15, 0.2) is 18.2 Å². The molecule has 3 aromatic heterocycles. The molecule has 4 aliphatic heterocycles. The molecule has 210 valence electrons. The minimum atomic E-state index is -0.348. The van der Waals surface area contributed by atoms with E-state index in [9.17, 15) is 4.79 Å².